The number of aromatic nitrogens is 2. The Morgan fingerprint density at radius 3 is 2.62 bits per heavy atom. The first-order valence-corrected chi connectivity index (χ1v) is 8.39. The van der Waals surface area contributed by atoms with Crippen molar-refractivity contribution in [2.75, 3.05) is 23.3 Å². The summed E-state index contributed by atoms with van der Waals surface area (Å²) in [6.45, 7) is 4.39. The largest absolute Gasteiger partial charge is 0.357 e. The predicted octanol–water partition coefficient (Wildman–Crippen LogP) is 3.10. The molecule has 0 atom stereocenters. The summed E-state index contributed by atoms with van der Waals surface area (Å²) in [7, 11) is 0. The van der Waals surface area contributed by atoms with Crippen molar-refractivity contribution < 1.29 is 4.79 Å². The van der Waals surface area contributed by atoms with Crippen LogP contribution in [0.2, 0.25) is 0 Å². The van der Waals surface area contributed by atoms with Crippen molar-refractivity contribution in [3.05, 3.63) is 47.9 Å². The lowest BCUT2D eigenvalue weighted by Crippen LogP contribution is -2.31. The number of carbonyl (C=O) groups is 1. The van der Waals surface area contributed by atoms with Crippen molar-refractivity contribution in [1.82, 2.24) is 15.3 Å². The molecule has 2 heterocycles. The third-order valence-electron chi connectivity index (χ3n) is 4.09. The zero-order valence-electron chi connectivity index (χ0n) is 14.0. The molecule has 0 spiro atoms. The topological polar surface area (TPSA) is 70.2 Å². The Bertz CT molecular complexity index is 680. The molecule has 3 rings (SSSR count). The minimum absolute atomic E-state index is 0.258. The molecule has 2 N–H and O–H groups in total. The number of urea groups is 1. The molecule has 6 heteroatoms. The van der Waals surface area contributed by atoms with Crippen LogP contribution in [-0.2, 0) is 6.54 Å². The SMILES string of the molecule is Cc1ccc(NC(=O)NCc2nccc(N3CCCCC3)n2)cc1. The third kappa shape index (κ3) is 4.44. The fourth-order valence-corrected chi connectivity index (χ4v) is 2.74. The smallest absolute Gasteiger partial charge is 0.319 e. The van der Waals surface area contributed by atoms with Crippen molar-refractivity contribution in [3.8, 4) is 0 Å². The molecule has 0 bridgehead atoms. The number of hydrogen-bond donors (Lipinski definition) is 2. The molecule has 1 saturated heterocycles. The van der Waals surface area contributed by atoms with Crippen LogP contribution in [0.1, 0.15) is 30.7 Å². The molecule has 0 aliphatic carbocycles. The second-order valence-corrected chi connectivity index (χ2v) is 6.05. The Balaban J connectivity index is 1.54. The lowest BCUT2D eigenvalue weighted by atomic mass is 10.1. The van der Waals surface area contributed by atoms with Gasteiger partial charge in [0.1, 0.15) is 11.6 Å². The van der Waals surface area contributed by atoms with E-state index in [1.165, 1.54) is 19.3 Å². The monoisotopic (exact) mass is 325 g/mol. The van der Waals surface area contributed by atoms with Gasteiger partial charge < -0.3 is 15.5 Å². The molecule has 0 saturated carbocycles. The van der Waals surface area contributed by atoms with Crippen LogP contribution in [0.25, 0.3) is 0 Å². The number of hydrogen-bond acceptors (Lipinski definition) is 4. The highest BCUT2D eigenvalue weighted by Crippen LogP contribution is 2.16. The molecule has 1 aromatic heterocycles. The van der Waals surface area contributed by atoms with E-state index in [1.807, 2.05) is 37.3 Å². The van der Waals surface area contributed by atoms with Gasteiger partial charge in [0, 0.05) is 25.0 Å². The van der Waals surface area contributed by atoms with E-state index in [0.717, 1.165) is 30.2 Å². The zero-order chi connectivity index (χ0) is 16.8. The first-order valence-electron chi connectivity index (χ1n) is 8.39. The summed E-state index contributed by atoms with van der Waals surface area (Å²) >= 11 is 0. The number of piperidine rings is 1. The Labute approximate surface area is 142 Å². The Hall–Kier alpha value is -2.63. The highest BCUT2D eigenvalue weighted by Gasteiger charge is 2.13. The fraction of sp³-hybridized carbons (Fsp3) is 0.389. The normalized spacial score (nSPS) is 14.3. The van der Waals surface area contributed by atoms with E-state index >= 15 is 0 Å². The highest BCUT2D eigenvalue weighted by molar-refractivity contribution is 5.89. The Kier molecular flexibility index (Phi) is 5.25. The number of nitrogens with zero attached hydrogens (tertiary/aromatic N) is 3. The average Bonchev–Trinajstić information content (AvgIpc) is 2.63. The first-order chi connectivity index (χ1) is 11.7. The van der Waals surface area contributed by atoms with Crippen molar-refractivity contribution in [2.45, 2.75) is 32.7 Å². The molecule has 126 valence electrons. The zero-order valence-corrected chi connectivity index (χ0v) is 14.0. The number of carbonyl (C=O) groups excluding carboxylic acids is 1. The van der Waals surface area contributed by atoms with Crippen molar-refractivity contribution in [1.29, 1.82) is 0 Å². The summed E-state index contributed by atoms with van der Waals surface area (Å²) in [4.78, 5) is 23.1. The number of amides is 2. The van der Waals surface area contributed by atoms with Crippen LogP contribution >= 0.6 is 0 Å². The van der Waals surface area contributed by atoms with Crippen LogP contribution in [0.5, 0.6) is 0 Å². The van der Waals surface area contributed by atoms with Gasteiger partial charge in [-0.1, -0.05) is 17.7 Å². The summed E-state index contributed by atoms with van der Waals surface area (Å²) in [5.74, 6) is 1.57. The lowest BCUT2D eigenvalue weighted by molar-refractivity contribution is 0.251. The van der Waals surface area contributed by atoms with Gasteiger partial charge in [0.15, 0.2) is 0 Å². The molecule has 1 aliphatic rings. The van der Waals surface area contributed by atoms with E-state index in [9.17, 15) is 4.79 Å². The second-order valence-electron chi connectivity index (χ2n) is 6.05. The van der Waals surface area contributed by atoms with Gasteiger partial charge in [0.05, 0.1) is 6.54 Å². The number of anilines is 2. The molecule has 0 unspecified atom stereocenters. The van der Waals surface area contributed by atoms with Crippen molar-refractivity contribution in [2.24, 2.45) is 0 Å². The lowest BCUT2D eigenvalue weighted by Gasteiger charge is -2.27. The van der Waals surface area contributed by atoms with Gasteiger partial charge >= 0.3 is 6.03 Å². The van der Waals surface area contributed by atoms with Crippen LogP contribution in [-0.4, -0.2) is 29.1 Å². The maximum atomic E-state index is 12.0. The van der Waals surface area contributed by atoms with E-state index in [2.05, 4.69) is 25.5 Å². The van der Waals surface area contributed by atoms with Crippen LogP contribution < -0.4 is 15.5 Å². The molecule has 24 heavy (non-hydrogen) atoms. The molecule has 2 amide bonds. The summed E-state index contributed by atoms with van der Waals surface area (Å²) in [6, 6.07) is 9.35. The molecule has 2 aromatic rings. The molecular formula is C18H23N5O. The van der Waals surface area contributed by atoms with E-state index in [4.69, 9.17) is 0 Å². The van der Waals surface area contributed by atoms with E-state index in [1.54, 1.807) is 6.20 Å². The van der Waals surface area contributed by atoms with Gasteiger partial charge in [-0.25, -0.2) is 14.8 Å². The van der Waals surface area contributed by atoms with Gasteiger partial charge in [-0.2, -0.15) is 0 Å². The number of benzene rings is 1. The van der Waals surface area contributed by atoms with Gasteiger partial charge in [-0.15, -0.1) is 0 Å². The molecular weight excluding hydrogens is 302 g/mol. The van der Waals surface area contributed by atoms with Gasteiger partial charge in [-0.3, -0.25) is 0 Å². The minimum Gasteiger partial charge on any atom is -0.357 e. The van der Waals surface area contributed by atoms with Gasteiger partial charge in [0.2, 0.25) is 0 Å². The quantitative estimate of drug-likeness (QED) is 0.906. The predicted molar refractivity (Wildman–Crippen MR) is 95.1 cm³/mol. The molecule has 0 radical (unpaired) electrons. The van der Waals surface area contributed by atoms with E-state index < -0.39 is 0 Å². The highest BCUT2D eigenvalue weighted by atomic mass is 16.2. The standard InChI is InChI=1S/C18H23N5O/c1-14-5-7-15(8-6-14)21-18(24)20-13-16-19-10-9-17(22-16)23-11-3-2-4-12-23/h5-10H,2-4,11-13H2,1H3,(H2,20,21,24). The number of rotatable bonds is 4. The maximum absolute atomic E-state index is 12.0. The molecule has 1 aliphatic heterocycles. The van der Waals surface area contributed by atoms with Crippen LogP contribution in [0.4, 0.5) is 16.3 Å². The maximum Gasteiger partial charge on any atom is 0.319 e. The summed E-state index contributed by atoms with van der Waals surface area (Å²) in [5, 5.41) is 5.60. The van der Waals surface area contributed by atoms with Crippen LogP contribution in [0, 0.1) is 6.92 Å². The summed E-state index contributed by atoms with van der Waals surface area (Å²) in [5.41, 5.74) is 1.92. The van der Waals surface area contributed by atoms with E-state index in [0.29, 0.717) is 12.4 Å². The number of nitrogens with one attached hydrogen (secondary N) is 2. The fourth-order valence-electron chi connectivity index (χ4n) is 2.74. The van der Waals surface area contributed by atoms with Crippen molar-refractivity contribution >= 4 is 17.5 Å². The summed E-state index contributed by atoms with van der Waals surface area (Å²) < 4.78 is 0. The molecule has 1 aromatic carbocycles. The van der Waals surface area contributed by atoms with Crippen LogP contribution in [0.15, 0.2) is 36.5 Å². The Morgan fingerprint density at radius 1 is 1.12 bits per heavy atom. The molecule has 1 fully saturated rings. The summed E-state index contributed by atoms with van der Waals surface area (Å²) in [6.07, 6.45) is 5.45. The number of aryl methyl sites for hydroxylation is 1. The third-order valence-corrected chi connectivity index (χ3v) is 4.09. The average molecular weight is 325 g/mol. The van der Waals surface area contributed by atoms with Gasteiger partial charge in [-0.05, 0) is 44.4 Å². The van der Waals surface area contributed by atoms with E-state index in [-0.39, 0.29) is 6.03 Å². The second kappa shape index (κ2) is 7.77. The first kappa shape index (κ1) is 16.2. The Morgan fingerprint density at radius 2 is 1.88 bits per heavy atom. The molecule has 6 nitrogen and oxygen atoms in total. The van der Waals surface area contributed by atoms with Crippen LogP contribution in [0.3, 0.4) is 0 Å². The minimum atomic E-state index is -0.258. The van der Waals surface area contributed by atoms with Crippen molar-refractivity contribution in [3.63, 3.8) is 0 Å². The van der Waals surface area contributed by atoms with Gasteiger partial charge in [0.25, 0.3) is 0 Å².